The molecule has 0 bridgehead atoms. The first kappa shape index (κ1) is 14.8. The fourth-order valence-electron chi connectivity index (χ4n) is 1.42. The Labute approximate surface area is 113 Å². The summed E-state index contributed by atoms with van der Waals surface area (Å²) in [5.74, 6) is 0.686. The maximum atomic E-state index is 11.5. The molecule has 0 aliphatic carbocycles. The molecule has 1 aromatic carbocycles. The second kappa shape index (κ2) is 8.81. The van der Waals surface area contributed by atoms with Crippen LogP contribution in [0, 0.1) is 11.3 Å². The highest BCUT2D eigenvalue weighted by Gasteiger charge is 2.01. The highest BCUT2D eigenvalue weighted by atomic mass is 16.5. The number of amides is 2. The molecule has 0 aromatic heterocycles. The second-order valence-corrected chi connectivity index (χ2v) is 4.02. The van der Waals surface area contributed by atoms with E-state index < -0.39 is 0 Å². The number of hydrogen-bond donors (Lipinski definition) is 2. The van der Waals surface area contributed by atoms with Gasteiger partial charge in [-0.25, -0.2) is 4.79 Å². The molecule has 0 saturated carbocycles. The molecule has 1 rings (SSSR count). The summed E-state index contributed by atoms with van der Waals surface area (Å²) in [6, 6.07) is 9.04. The van der Waals surface area contributed by atoms with E-state index in [2.05, 4.69) is 16.7 Å². The van der Waals surface area contributed by atoms with Crippen LogP contribution in [0.15, 0.2) is 24.3 Å². The zero-order chi connectivity index (χ0) is 13.9. The molecule has 0 radical (unpaired) electrons. The van der Waals surface area contributed by atoms with Crippen LogP contribution in [0.4, 0.5) is 10.5 Å². The molecule has 1 aromatic rings. The van der Waals surface area contributed by atoms with Crippen LogP contribution in [0.25, 0.3) is 0 Å². The lowest BCUT2D eigenvalue weighted by atomic mass is 10.3. The Hall–Kier alpha value is -2.22. The van der Waals surface area contributed by atoms with Gasteiger partial charge in [0.25, 0.3) is 0 Å². The molecular weight excluding hydrogens is 242 g/mol. The van der Waals surface area contributed by atoms with E-state index >= 15 is 0 Å². The van der Waals surface area contributed by atoms with Crippen LogP contribution in [-0.4, -0.2) is 19.2 Å². The number of nitrogens with zero attached hydrogens (tertiary/aromatic N) is 1. The van der Waals surface area contributed by atoms with Gasteiger partial charge in [-0.05, 0) is 25.0 Å². The van der Waals surface area contributed by atoms with E-state index in [9.17, 15) is 4.79 Å². The minimum atomic E-state index is -0.219. The molecule has 5 nitrogen and oxygen atoms in total. The summed E-state index contributed by atoms with van der Waals surface area (Å²) in [5.41, 5.74) is 0.686. The second-order valence-electron chi connectivity index (χ2n) is 4.02. The van der Waals surface area contributed by atoms with Crippen molar-refractivity contribution in [1.29, 1.82) is 5.26 Å². The van der Waals surface area contributed by atoms with Crippen LogP contribution in [0.3, 0.4) is 0 Å². The van der Waals surface area contributed by atoms with Crippen molar-refractivity contribution in [2.24, 2.45) is 0 Å². The predicted octanol–water partition coefficient (Wildman–Crippen LogP) is 2.90. The van der Waals surface area contributed by atoms with E-state index in [0.717, 1.165) is 6.42 Å². The average Bonchev–Trinajstić information content (AvgIpc) is 2.42. The third-order valence-corrected chi connectivity index (χ3v) is 2.33. The van der Waals surface area contributed by atoms with Crippen LogP contribution in [0.2, 0.25) is 0 Å². The van der Waals surface area contributed by atoms with Crippen LogP contribution in [0.5, 0.6) is 5.75 Å². The summed E-state index contributed by atoms with van der Waals surface area (Å²) >= 11 is 0. The first-order valence-corrected chi connectivity index (χ1v) is 6.41. The largest absolute Gasteiger partial charge is 0.493 e. The van der Waals surface area contributed by atoms with Crippen molar-refractivity contribution in [3.05, 3.63) is 24.3 Å². The average molecular weight is 261 g/mol. The Bertz CT molecular complexity index is 441. The Morgan fingerprint density at radius 3 is 3.05 bits per heavy atom. The topological polar surface area (TPSA) is 74.2 Å². The highest BCUT2D eigenvalue weighted by molar-refractivity contribution is 5.89. The van der Waals surface area contributed by atoms with Gasteiger partial charge in [0.05, 0.1) is 12.7 Å². The van der Waals surface area contributed by atoms with Crippen LogP contribution in [0.1, 0.15) is 26.2 Å². The number of rotatable bonds is 7. The third kappa shape index (κ3) is 6.32. The first-order valence-electron chi connectivity index (χ1n) is 6.41. The number of ether oxygens (including phenoxy) is 1. The SMILES string of the molecule is CCCNC(=O)Nc1cccc(OCCCC#N)c1. The van der Waals surface area contributed by atoms with Gasteiger partial charge in [0.1, 0.15) is 5.75 Å². The van der Waals surface area contributed by atoms with Gasteiger partial charge in [0.2, 0.25) is 0 Å². The number of carbonyl (C=O) groups excluding carboxylic acids is 1. The van der Waals surface area contributed by atoms with Crippen LogP contribution >= 0.6 is 0 Å². The number of unbranched alkanes of at least 4 members (excludes halogenated alkanes) is 1. The smallest absolute Gasteiger partial charge is 0.319 e. The molecule has 0 aliphatic rings. The number of urea groups is 1. The molecular formula is C14H19N3O2. The van der Waals surface area contributed by atoms with E-state index in [4.69, 9.17) is 10.00 Å². The number of nitrogens with one attached hydrogen (secondary N) is 2. The Morgan fingerprint density at radius 2 is 2.32 bits per heavy atom. The lowest BCUT2D eigenvalue weighted by Crippen LogP contribution is -2.29. The van der Waals surface area contributed by atoms with Crippen molar-refractivity contribution >= 4 is 11.7 Å². The normalized spacial score (nSPS) is 9.47. The zero-order valence-corrected chi connectivity index (χ0v) is 11.1. The number of hydrogen-bond acceptors (Lipinski definition) is 3. The lowest BCUT2D eigenvalue weighted by molar-refractivity contribution is 0.252. The fourth-order valence-corrected chi connectivity index (χ4v) is 1.42. The summed E-state index contributed by atoms with van der Waals surface area (Å²) in [4.78, 5) is 11.5. The summed E-state index contributed by atoms with van der Waals surface area (Å²) < 4.78 is 5.49. The molecule has 0 saturated heterocycles. The fraction of sp³-hybridized carbons (Fsp3) is 0.429. The Kier molecular flexibility index (Phi) is 6.88. The van der Waals surface area contributed by atoms with E-state index in [0.29, 0.717) is 37.4 Å². The molecule has 5 heteroatoms. The van der Waals surface area contributed by atoms with Gasteiger partial charge in [-0.15, -0.1) is 0 Å². The number of anilines is 1. The van der Waals surface area contributed by atoms with Gasteiger partial charge < -0.3 is 15.4 Å². The van der Waals surface area contributed by atoms with Gasteiger partial charge >= 0.3 is 6.03 Å². The van der Waals surface area contributed by atoms with Crippen molar-refractivity contribution in [1.82, 2.24) is 5.32 Å². The highest BCUT2D eigenvalue weighted by Crippen LogP contribution is 2.17. The van der Waals surface area contributed by atoms with Crippen molar-refractivity contribution < 1.29 is 9.53 Å². The van der Waals surface area contributed by atoms with Gasteiger partial charge in [-0.1, -0.05) is 13.0 Å². The monoisotopic (exact) mass is 261 g/mol. The maximum absolute atomic E-state index is 11.5. The quantitative estimate of drug-likeness (QED) is 0.741. The third-order valence-electron chi connectivity index (χ3n) is 2.33. The molecule has 0 spiro atoms. The van der Waals surface area contributed by atoms with Gasteiger partial charge in [-0.3, -0.25) is 0 Å². The van der Waals surface area contributed by atoms with Crippen LogP contribution < -0.4 is 15.4 Å². The molecule has 0 unspecified atom stereocenters. The van der Waals surface area contributed by atoms with Gasteiger partial charge in [-0.2, -0.15) is 5.26 Å². The number of nitriles is 1. The first-order chi connectivity index (χ1) is 9.26. The maximum Gasteiger partial charge on any atom is 0.319 e. The summed E-state index contributed by atoms with van der Waals surface area (Å²) in [6.45, 7) is 3.14. The van der Waals surface area contributed by atoms with Crippen molar-refractivity contribution in [3.8, 4) is 11.8 Å². The van der Waals surface area contributed by atoms with Crippen molar-refractivity contribution in [2.75, 3.05) is 18.5 Å². The predicted molar refractivity (Wildman–Crippen MR) is 74.1 cm³/mol. The van der Waals surface area contributed by atoms with Gasteiger partial charge in [0.15, 0.2) is 0 Å². The molecule has 102 valence electrons. The minimum absolute atomic E-state index is 0.219. The van der Waals surface area contributed by atoms with E-state index in [-0.39, 0.29) is 6.03 Å². The molecule has 19 heavy (non-hydrogen) atoms. The molecule has 0 fully saturated rings. The molecule has 2 N–H and O–H groups in total. The summed E-state index contributed by atoms with van der Waals surface area (Å²) in [6.07, 6.45) is 2.08. The van der Waals surface area contributed by atoms with E-state index in [1.165, 1.54) is 0 Å². The molecule has 0 atom stereocenters. The van der Waals surface area contributed by atoms with Crippen molar-refractivity contribution in [3.63, 3.8) is 0 Å². The Morgan fingerprint density at radius 1 is 1.47 bits per heavy atom. The Balaban J connectivity index is 2.43. The van der Waals surface area contributed by atoms with Crippen LogP contribution in [-0.2, 0) is 0 Å². The van der Waals surface area contributed by atoms with E-state index in [1.807, 2.05) is 19.1 Å². The van der Waals surface area contributed by atoms with E-state index in [1.54, 1.807) is 12.1 Å². The standard InChI is InChI=1S/C14H19N3O2/c1-2-9-16-14(18)17-12-6-5-7-13(11-12)19-10-4-3-8-15/h5-7,11H,2-4,9-10H2,1H3,(H2,16,17,18). The van der Waals surface area contributed by atoms with Crippen molar-refractivity contribution in [2.45, 2.75) is 26.2 Å². The molecule has 0 heterocycles. The molecule has 0 aliphatic heterocycles. The minimum Gasteiger partial charge on any atom is -0.493 e. The zero-order valence-electron chi connectivity index (χ0n) is 11.1. The summed E-state index contributed by atoms with van der Waals surface area (Å²) in [7, 11) is 0. The number of carbonyl (C=O) groups is 1. The number of benzene rings is 1. The summed E-state index contributed by atoms with van der Waals surface area (Å²) in [5, 5.41) is 13.9. The molecule has 2 amide bonds. The lowest BCUT2D eigenvalue weighted by Gasteiger charge is -2.09. The van der Waals surface area contributed by atoms with Gasteiger partial charge in [0, 0.05) is 24.7 Å².